The first-order valence-corrected chi connectivity index (χ1v) is 8.73. The number of carbonyl (C=O) groups excluding carboxylic acids is 3. The van der Waals surface area contributed by atoms with Gasteiger partial charge in [-0.15, -0.1) is 0 Å². The third-order valence-electron chi connectivity index (χ3n) is 4.56. The van der Waals surface area contributed by atoms with Gasteiger partial charge in [0.1, 0.15) is 5.82 Å². The number of nitrogens with zero attached hydrogens (tertiary/aromatic N) is 1. The Hall–Kier alpha value is -3.22. The molecular weight excluding hydrogens is 349 g/mol. The standard InChI is InChI=1S/C20H20FN3O3/c1-2-13-3-9-17(10-4-13)24-12-15(11-18(24)25)20(27)23-22-19(26)14-5-7-16(21)8-6-14/h3-10,15H,2,11-12H2,1H3,(H,22,26)(H,23,27)/t15-/m0/s1. The molecule has 0 unspecified atom stereocenters. The molecule has 3 rings (SSSR count). The molecule has 2 aromatic rings. The quantitative estimate of drug-likeness (QED) is 0.811. The van der Waals surface area contributed by atoms with Crippen LogP contribution in [0.2, 0.25) is 0 Å². The molecule has 1 saturated heterocycles. The normalized spacial score (nSPS) is 16.3. The number of amides is 3. The lowest BCUT2D eigenvalue weighted by Gasteiger charge is -2.17. The molecule has 1 heterocycles. The van der Waals surface area contributed by atoms with Crippen LogP contribution in [0.3, 0.4) is 0 Å². The zero-order chi connectivity index (χ0) is 19.4. The van der Waals surface area contributed by atoms with Crippen molar-refractivity contribution in [2.75, 3.05) is 11.4 Å². The van der Waals surface area contributed by atoms with E-state index in [0.717, 1.165) is 24.2 Å². The van der Waals surface area contributed by atoms with Crippen molar-refractivity contribution in [1.82, 2.24) is 10.9 Å². The van der Waals surface area contributed by atoms with Crippen molar-refractivity contribution in [2.24, 2.45) is 5.92 Å². The molecule has 6 nitrogen and oxygen atoms in total. The van der Waals surface area contributed by atoms with Gasteiger partial charge in [0, 0.05) is 24.2 Å². The van der Waals surface area contributed by atoms with E-state index >= 15 is 0 Å². The summed E-state index contributed by atoms with van der Waals surface area (Å²) in [6.07, 6.45) is 0.987. The third kappa shape index (κ3) is 4.31. The van der Waals surface area contributed by atoms with Crippen LogP contribution in [0.25, 0.3) is 0 Å². The Labute approximate surface area is 156 Å². The number of hydrogen-bond acceptors (Lipinski definition) is 3. The molecule has 3 amide bonds. The lowest BCUT2D eigenvalue weighted by molar-refractivity contribution is -0.126. The Balaban J connectivity index is 1.56. The minimum Gasteiger partial charge on any atom is -0.312 e. The fourth-order valence-electron chi connectivity index (χ4n) is 2.94. The maximum absolute atomic E-state index is 12.9. The summed E-state index contributed by atoms with van der Waals surface area (Å²) in [4.78, 5) is 38.1. The second-order valence-corrected chi connectivity index (χ2v) is 6.38. The molecule has 2 aromatic carbocycles. The maximum Gasteiger partial charge on any atom is 0.269 e. The highest BCUT2D eigenvalue weighted by Gasteiger charge is 2.35. The number of hydrogen-bond donors (Lipinski definition) is 2. The first-order valence-electron chi connectivity index (χ1n) is 8.73. The fraction of sp³-hybridized carbons (Fsp3) is 0.250. The van der Waals surface area contributed by atoms with E-state index in [-0.39, 0.29) is 24.4 Å². The van der Waals surface area contributed by atoms with Gasteiger partial charge in [-0.1, -0.05) is 19.1 Å². The summed E-state index contributed by atoms with van der Waals surface area (Å²) in [5, 5.41) is 0. The first-order chi connectivity index (χ1) is 13.0. The van der Waals surface area contributed by atoms with Crippen LogP contribution in [-0.4, -0.2) is 24.3 Å². The lowest BCUT2D eigenvalue weighted by Crippen LogP contribution is -2.45. The molecule has 1 aliphatic heterocycles. The summed E-state index contributed by atoms with van der Waals surface area (Å²) < 4.78 is 12.9. The molecule has 140 valence electrons. The highest BCUT2D eigenvalue weighted by atomic mass is 19.1. The van der Waals surface area contributed by atoms with E-state index in [4.69, 9.17) is 0 Å². The summed E-state index contributed by atoms with van der Waals surface area (Å²) in [6.45, 7) is 2.30. The van der Waals surface area contributed by atoms with Crippen LogP contribution in [-0.2, 0) is 16.0 Å². The number of aryl methyl sites for hydroxylation is 1. The van der Waals surface area contributed by atoms with Gasteiger partial charge in [-0.25, -0.2) is 4.39 Å². The number of anilines is 1. The van der Waals surface area contributed by atoms with Crippen molar-refractivity contribution < 1.29 is 18.8 Å². The van der Waals surface area contributed by atoms with E-state index < -0.39 is 23.5 Å². The van der Waals surface area contributed by atoms with Gasteiger partial charge in [-0.3, -0.25) is 25.2 Å². The summed E-state index contributed by atoms with van der Waals surface area (Å²) in [5.41, 5.74) is 6.77. The van der Waals surface area contributed by atoms with Crippen molar-refractivity contribution >= 4 is 23.4 Å². The molecule has 0 radical (unpaired) electrons. The summed E-state index contributed by atoms with van der Waals surface area (Å²) >= 11 is 0. The summed E-state index contributed by atoms with van der Waals surface area (Å²) in [6, 6.07) is 12.6. The second-order valence-electron chi connectivity index (χ2n) is 6.38. The van der Waals surface area contributed by atoms with Crippen molar-refractivity contribution in [2.45, 2.75) is 19.8 Å². The van der Waals surface area contributed by atoms with E-state index in [1.165, 1.54) is 17.7 Å². The molecule has 0 aromatic heterocycles. The Bertz CT molecular complexity index is 850. The molecule has 2 N–H and O–H groups in total. The van der Waals surface area contributed by atoms with Crippen molar-refractivity contribution in [1.29, 1.82) is 0 Å². The molecule has 0 spiro atoms. The predicted molar refractivity (Wildman–Crippen MR) is 98.3 cm³/mol. The van der Waals surface area contributed by atoms with Gasteiger partial charge in [0.15, 0.2) is 0 Å². The van der Waals surface area contributed by atoms with Crippen LogP contribution in [0.5, 0.6) is 0 Å². The number of nitrogens with one attached hydrogen (secondary N) is 2. The second kappa shape index (κ2) is 7.99. The third-order valence-corrected chi connectivity index (χ3v) is 4.56. The van der Waals surface area contributed by atoms with Gasteiger partial charge >= 0.3 is 0 Å². The van der Waals surface area contributed by atoms with Gasteiger partial charge in [-0.05, 0) is 48.4 Å². The molecule has 7 heteroatoms. The van der Waals surface area contributed by atoms with Gasteiger partial charge < -0.3 is 4.90 Å². The minimum atomic E-state index is -0.558. The zero-order valence-corrected chi connectivity index (χ0v) is 14.9. The van der Waals surface area contributed by atoms with Gasteiger partial charge in [0.2, 0.25) is 11.8 Å². The Kier molecular flexibility index (Phi) is 5.49. The largest absolute Gasteiger partial charge is 0.312 e. The summed E-state index contributed by atoms with van der Waals surface area (Å²) in [5.74, 6) is -2.14. The lowest BCUT2D eigenvalue weighted by atomic mass is 10.1. The number of hydrazine groups is 1. The monoisotopic (exact) mass is 369 g/mol. The predicted octanol–water partition coefficient (Wildman–Crippen LogP) is 2.20. The van der Waals surface area contributed by atoms with Crippen molar-refractivity contribution in [3.63, 3.8) is 0 Å². The number of benzene rings is 2. The average Bonchev–Trinajstić information content (AvgIpc) is 3.08. The maximum atomic E-state index is 12.9. The van der Waals surface area contributed by atoms with E-state index in [0.29, 0.717) is 0 Å². The zero-order valence-electron chi connectivity index (χ0n) is 14.9. The van der Waals surface area contributed by atoms with Gasteiger partial charge in [-0.2, -0.15) is 0 Å². The van der Waals surface area contributed by atoms with Crippen LogP contribution in [0.15, 0.2) is 48.5 Å². The van der Waals surface area contributed by atoms with E-state index in [1.54, 1.807) is 4.90 Å². The smallest absolute Gasteiger partial charge is 0.269 e. The molecule has 0 bridgehead atoms. The van der Waals surface area contributed by atoms with Crippen LogP contribution in [0, 0.1) is 11.7 Å². The SMILES string of the molecule is CCc1ccc(N2C[C@@H](C(=O)NNC(=O)c3ccc(F)cc3)CC2=O)cc1. The topological polar surface area (TPSA) is 78.5 Å². The number of carbonyl (C=O) groups is 3. The van der Waals surface area contributed by atoms with Crippen molar-refractivity contribution in [3.05, 3.63) is 65.5 Å². The minimum absolute atomic E-state index is 0.0772. The van der Waals surface area contributed by atoms with Gasteiger partial charge in [0.05, 0.1) is 5.92 Å². The Morgan fingerprint density at radius 2 is 1.74 bits per heavy atom. The molecule has 1 fully saturated rings. The average molecular weight is 369 g/mol. The molecule has 0 aliphatic carbocycles. The number of rotatable bonds is 4. The molecule has 1 aliphatic rings. The highest BCUT2D eigenvalue weighted by Crippen LogP contribution is 2.25. The van der Waals surface area contributed by atoms with Crippen molar-refractivity contribution in [3.8, 4) is 0 Å². The van der Waals surface area contributed by atoms with Crippen LogP contribution >= 0.6 is 0 Å². The molecule has 0 saturated carbocycles. The van der Waals surface area contributed by atoms with E-state index in [9.17, 15) is 18.8 Å². The highest BCUT2D eigenvalue weighted by molar-refractivity contribution is 6.01. The molecule has 1 atom stereocenters. The van der Waals surface area contributed by atoms with Crippen LogP contribution < -0.4 is 15.8 Å². The Morgan fingerprint density at radius 1 is 1.07 bits per heavy atom. The molecule has 27 heavy (non-hydrogen) atoms. The van der Waals surface area contributed by atoms with Gasteiger partial charge in [0.25, 0.3) is 5.91 Å². The molecular formula is C20H20FN3O3. The number of halogens is 1. The Morgan fingerprint density at radius 3 is 2.37 bits per heavy atom. The fourth-order valence-corrected chi connectivity index (χ4v) is 2.94. The summed E-state index contributed by atoms with van der Waals surface area (Å²) in [7, 11) is 0. The van der Waals surface area contributed by atoms with Crippen LogP contribution in [0.1, 0.15) is 29.3 Å². The van der Waals surface area contributed by atoms with E-state index in [2.05, 4.69) is 17.8 Å². The van der Waals surface area contributed by atoms with Crippen LogP contribution in [0.4, 0.5) is 10.1 Å². The van der Waals surface area contributed by atoms with E-state index in [1.807, 2.05) is 24.3 Å². The first kappa shape index (κ1) is 18.6.